The summed E-state index contributed by atoms with van der Waals surface area (Å²) in [4.78, 5) is 20.6. The molecule has 1 N–H and O–H groups in total. The number of nitrogens with one attached hydrogen (secondary N) is 1. The third kappa shape index (κ3) is 3.67. The molecule has 8 heteroatoms. The van der Waals surface area contributed by atoms with Crippen molar-refractivity contribution >= 4 is 28.7 Å². The van der Waals surface area contributed by atoms with E-state index in [4.69, 9.17) is 11.6 Å². The Morgan fingerprint density at radius 1 is 1.05 bits per heavy atom. The van der Waals surface area contributed by atoms with E-state index in [1.807, 2.05) is 0 Å². The van der Waals surface area contributed by atoms with Crippen molar-refractivity contribution in [1.29, 1.82) is 0 Å². The standard InChI is InChI=1S/C13H10ClN3O4/c14-10-4-5-12(13(7-10)17(20)21)15-8-9-2-1-3-11(6-9)16(18)19/h1-7,15H,8H2. The summed E-state index contributed by atoms with van der Waals surface area (Å²) in [6.45, 7) is 0.226. The second kappa shape index (κ2) is 6.19. The van der Waals surface area contributed by atoms with E-state index < -0.39 is 9.85 Å². The summed E-state index contributed by atoms with van der Waals surface area (Å²) in [5, 5.41) is 24.8. The highest BCUT2D eigenvalue weighted by Crippen LogP contribution is 2.28. The quantitative estimate of drug-likeness (QED) is 0.669. The van der Waals surface area contributed by atoms with Crippen LogP contribution in [0.1, 0.15) is 5.56 Å². The first-order valence-corrected chi connectivity index (χ1v) is 6.26. The van der Waals surface area contributed by atoms with Gasteiger partial charge in [0.15, 0.2) is 0 Å². The van der Waals surface area contributed by atoms with Crippen LogP contribution in [0.2, 0.25) is 5.02 Å². The first-order valence-electron chi connectivity index (χ1n) is 5.88. The molecular formula is C13H10ClN3O4. The molecule has 2 rings (SSSR count). The number of anilines is 1. The maximum Gasteiger partial charge on any atom is 0.293 e. The van der Waals surface area contributed by atoms with Crippen LogP contribution < -0.4 is 5.32 Å². The van der Waals surface area contributed by atoms with E-state index in [-0.39, 0.29) is 22.9 Å². The Morgan fingerprint density at radius 3 is 2.48 bits per heavy atom. The van der Waals surface area contributed by atoms with Gasteiger partial charge >= 0.3 is 0 Å². The van der Waals surface area contributed by atoms with Crippen LogP contribution in [0.5, 0.6) is 0 Å². The van der Waals surface area contributed by atoms with Gasteiger partial charge in [-0.3, -0.25) is 20.2 Å². The summed E-state index contributed by atoms with van der Waals surface area (Å²) < 4.78 is 0. The molecule has 0 atom stereocenters. The molecule has 0 aliphatic carbocycles. The summed E-state index contributed by atoms with van der Waals surface area (Å²) >= 11 is 5.73. The Balaban J connectivity index is 2.18. The van der Waals surface area contributed by atoms with Gasteiger partial charge in [0.25, 0.3) is 11.4 Å². The Kier molecular flexibility index (Phi) is 4.34. The van der Waals surface area contributed by atoms with Gasteiger partial charge in [0.05, 0.1) is 9.85 Å². The second-order valence-electron chi connectivity index (χ2n) is 4.20. The molecule has 0 fully saturated rings. The molecule has 0 heterocycles. The molecule has 108 valence electrons. The molecule has 0 bridgehead atoms. The van der Waals surface area contributed by atoms with Gasteiger partial charge in [-0.05, 0) is 17.7 Å². The topological polar surface area (TPSA) is 98.3 Å². The molecule has 0 amide bonds. The van der Waals surface area contributed by atoms with E-state index in [1.165, 1.54) is 30.3 Å². The molecule has 7 nitrogen and oxygen atoms in total. The van der Waals surface area contributed by atoms with Crippen molar-refractivity contribution in [3.8, 4) is 0 Å². The summed E-state index contributed by atoms with van der Waals surface area (Å²) in [7, 11) is 0. The van der Waals surface area contributed by atoms with Gasteiger partial charge in [-0.25, -0.2) is 0 Å². The number of hydrogen-bond donors (Lipinski definition) is 1. The fraction of sp³-hybridized carbons (Fsp3) is 0.0769. The molecule has 21 heavy (non-hydrogen) atoms. The summed E-state index contributed by atoms with van der Waals surface area (Å²) in [5.74, 6) is 0. The largest absolute Gasteiger partial charge is 0.375 e. The van der Waals surface area contributed by atoms with Crippen LogP contribution in [0.15, 0.2) is 42.5 Å². The molecule has 0 unspecified atom stereocenters. The van der Waals surface area contributed by atoms with E-state index in [0.717, 1.165) is 0 Å². The van der Waals surface area contributed by atoms with E-state index in [9.17, 15) is 20.2 Å². The van der Waals surface area contributed by atoms with Gasteiger partial charge in [-0.2, -0.15) is 0 Å². The molecular weight excluding hydrogens is 298 g/mol. The van der Waals surface area contributed by atoms with Crippen LogP contribution in [0.4, 0.5) is 17.1 Å². The Bertz CT molecular complexity index is 706. The van der Waals surface area contributed by atoms with Crippen molar-refractivity contribution in [1.82, 2.24) is 0 Å². The lowest BCUT2D eigenvalue weighted by atomic mass is 10.2. The van der Waals surface area contributed by atoms with Crippen molar-refractivity contribution in [2.24, 2.45) is 0 Å². The number of rotatable bonds is 5. The summed E-state index contributed by atoms with van der Waals surface area (Å²) in [6.07, 6.45) is 0. The third-order valence-electron chi connectivity index (χ3n) is 2.76. The van der Waals surface area contributed by atoms with E-state index in [0.29, 0.717) is 11.3 Å². The van der Waals surface area contributed by atoms with Gasteiger partial charge < -0.3 is 5.32 Å². The van der Waals surface area contributed by atoms with Gasteiger partial charge in [0, 0.05) is 29.8 Å². The summed E-state index contributed by atoms with van der Waals surface area (Å²) in [5.41, 5.74) is 0.775. The fourth-order valence-corrected chi connectivity index (χ4v) is 1.95. The number of nitro groups is 2. The monoisotopic (exact) mass is 307 g/mol. The van der Waals surface area contributed by atoms with Crippen molar-refractivity contribution in [2.75, 3.05) is 5.32 Å². The SMILES string of the molecule is O=[N+]([O-])c1cccc(CNc2ccc(Cl)cc2[N+](=O)[O-])c1. The normalized spacial score (nSPS) is 10.1. The average Bonchev–Trinajstić information content (AvgIpc) is 2.46. The minimum Gasteiger partial charge on any atom is -0.375 e. The van der Waals surface area contributed by atoms with Crippen LogP contribution in [0.25, 0.3) is 0 Å². The first-order chi connectivity index (χ1) is 9.97. The number of hydrogen-bond acceptors (Lipinski definition) is 5. The molecule has 0 aliphatic rings. The number of nitro benzene ring substituents is 2. The van der Waals surface area contributed by atoms with Crippen LogP contribution >= 0.6 is 11.6 Å². The van der Waals surface area contributed by atoms with Crippen molar-refractivity contribution in [2.45, 2.75) is 6.54 Å². The van der Waals surface area contributed by atoms with Crippen LogP contribution in [-0.4, -0.2) is 9.85 Å². The summed E-state index contributed by atoms with van der Waals surface area (Å²) in [6, 6.07) is 10.3. The lowest BCUT2D eigenvalue weighted by Crippen LogP contribution is -2.03. The smallest absolute Gasteiger partial charge is 0.293 e. The Labute approximate surface area is 124 Å². The van der Waals surface area contributed by atoms with E-state index in [2.05, 4.69) is 5.32 Å². The van der Waals surface area contributed by atoms with Crippen LogP contribution in [0.3, 0.4) is 0 Å². The van der Waals surface area contributed by atoms with Crippen molar-refractivity contribution < 1.29 is 9.85 Å². The third-order valence-corrected chi connectivity index (χ3v) is 3.00. The van der Waals surface area contributed by atoms with Crippen LogP contribution in [-0.2, 0) is 6.54 Å². The lowest BCUT2D eigenvalue weighted by Gasteiger charge is -2.07. The number of non-ortho nitro benzene ring substituents is 1. The van der Waals surface area contributed by atoms with Crippen molar-refractivity contribution in [3.63, 3.8) is 0 Å². The van der Waals surface area contributed by atoms with Crippen LogP contribution in [0, 0.1) is 20.2 Å². The maximum atomic E-state index is 10.9. The second-order valence-corrected chi connectivity index (χ2v) is 4.64. The molecule has 2 aromatic rings. The van der Waals surface area contributed by atoms with Gasteiger partial charge in [-0.15, -0.1) is 0 Å². The molecule has 0 aliphatic heterocycles. The zero-order valence-corrected chi connectivity index (χ0v) is 11.4. The maximum absolute atomic E-state index is 10.9. The predicted molar refractivity (Wildman–Crippen MR) is 78.5 cm³/mol. The molecule has 0 saturated heterocycles. The predicted octanol–water partition coefficient (Wildman–Crippen LogP) is 3.77. The molecule has 2 aromatic carbocycles. The minimum atomic E-state index is -0.540. The Morgan fingerprint density at radius 2 is 1.81 bits per heavy atom. The van der Waals surface area contributed by atoms with Gasteiger partial charge in [-0.1, -0.05) is 23.7 Å². The molecule has 0 aromatic heterocycles. The fourth-order valence-electron chi connectivity index (χ4n) is 1.78. The minimum absolute atomic E-state index is 0.0279. The zero-order valence-electron chi connectivity index (χ0n) is 10.7. The van der Waals surface area contributed by atoms with E-state index >= 15 is 0 Å². The lowest BCUT2D eigenvalue weighted by molar-refractivity contribution is -0.384. The number of halogens is 1. The number of benzene rings is 2. The van der Waals surface area contributed by atoms with Crippen molar-refractivity contribution in [3.05, 3.63) is 73.3 Å². The first kappa shape index (κ1) is 14.7. The van der Waals surface area contributed by atoms with Gasteiger partial charge in [0.2, 0.25) is 0 Å². The van der Waals surface area contributed by atoms with Gasteiger partial charge in [0.1, 0.15) is 5.69 Å². The highest BCUT2D eigenvalue weighted by molar-refractivity contribution is 6.30. The Hall–Kier alpha value is -2.67. The zero-order chi connectivity index (χ0) is 15.4. The molecule has 0 saturated carbocycles. The number of nitrogens with zero attached hydrogens (tertiary/aromatic N) is 2. The molecule has 0 spiro atoms. The average molecular weight is 308 g/mol. The highest BCUT2D eigenvalue weighted by Gasteiger charge is 2.14. The molecule has 0 radical (unpaired) electrons. The van der Waals surface area contributed by atoms with E-state index in [1.54, 1.807) is 12.1 Å². The highest BCUT2D eigenvalue weighted by atomic mass is 35.5.